The van der Waals surface area contributed by atoms with E-state index in [4.69, 9.17) is 32.7 Å². The van der Waals surface area contributed by atoms with Gasteiger partial charge in [-0.3, -0.25) is 4.79 Å². The van der Waals surface area contributed by atoms with Gasteiger partial charge in [-0.15, -0.1) is 0 Å². The molecule has 0 atom stereocenters. The summed E-state index contributed by atoms with van der Waals surface area (Å²) in [5.41, 5.74) is 3.29. The van der Waals surface area contributed by atoms with Gasteiger partial charge in [-0.05, 0) is 42.3 Å². The zero-order valence-corrected chi connectivity index (χ0v) is 14.1. The maximum absolute atomic E-state index is 12.6. The van der Waals surface area contributed by atoms with Crippen molar-refractivity contribution in [1.82, 2.24) is 5.32 Å². The van der Waals surface area contributed by atoms with Gasteiger partial charge in [0, 0.05) is 39.5 Å². The molecule has 1 N–H and O–H groups in total. The normalized spacial score (nSPS) is 16.7. The van der Waals surface area contributed by atoms with E-state index in [0.717, 1.165) is 35.5 Å². The Labute approximate surface area is 149 Å². The van der Waals surface area contributed by atoms with E-state index >= 15 is 0 Å². The standard InChI is InChI=1S/C18H13Cl2NO3/c19-12-3-11(4-13(20)6-12)16(22)8-15-14-7-18-17(23-9-24-18)5-10(14)1-2-21-15/h3-8,21H,1-2,9H2. The molecule has 0 spiro atoms. The molecule has 2 aliphatic heterocycles. The Morgan fingerprint density at radius 1 is 1.04 bits per heavy atom. The molecule has 0 amide bonds. The Balaban J connectivity index is 1.73. The molecule has 0 saturated carbocycles. The van der Waals surface area contributed by atoms with E-state index in [2.05, 4.69) is 5.32 Å². The predicted molar refractivity (Wildman–Crippen MR) is 93.0 cm³/mol. The highest BCUT2D eigenvalue weighted by atomic mass is 35.5. The smallest absolute Gasteiger partial charge is 0.231 e. The number of hydrogen-bond acceptors (Lipinski definition) is 4. The van der Waals surface area contributed by atoms with Gasteiger partial charge in [-0.25, -0.2) is 0 Å². The van der Waals surface area contributed by atoms with Crippen LogP contribution in [0.2, 0.25) is 10.0 Å². The summed E-state index contributed by atoms with van der Waals surface area (Å²) in [4.78, 5) is 12.6. The van der Waals surface area contributed by atoms with Gasteiger partial charge < -0.3 is 14.8 Å². The van der Waals surface area contributed by atoms with Crippen LogP contribution in [-0.2, 0) is 6.42 Å². The number of ether oxygens (including phenoxy) is 2. The van der Waals surface area contributed by atoms with Crippen molar-refractivity contribution in [3.63, 3.8) is 0 Å². The van der Waals surface area contributed by atoms with Crippen LogP contribution < -0.4 is 14.8 Å². The summed E-state index contributed by atoms with van der Waals surface area (Å²) >= 11 is 12.0. The van der Waals surface area contributed by atoms with Crippen LogP contribution in [-0.4, -0.2) is 19.1 Å². The Kier molecular flexibility index (Phi) is 3.87. The second-order valence-electron chi connectivity index (χ2n) is 5.62. The minimum Gasteiger partial charge on any atom is -0.454 e. The minimum absolute atomic E-state index is 0.160. The van der Waals surface area contributed by atoms with Crippen molar-refractivity contribution in [2.75, 3.05) is 13.3 Å². The molecule has 4 nitrogen and oxygen atoms in total. The van der Waals surface area contributed by atoms with Gasteiger partial charge in [-0.1, -0.05) is 23.2 Å². The molecule has 24 heavy (non-hydrogen) atoms. The topological polar surface area (TPSA) is 47.6 Å². The van der Waals surface area contributed by atoms with Crippen LogP contribution in [0.15, 0.2) is 36.4 Å². The molecule has 2 aromatic carbocycles. The molecule has 0 saturated heterocycles. The first-order valence-electron chi connectivity index (χ1n) is 7.49. The molecule has 6 heteroatoms. The Hall–Kier alpha value is -2.17. The van der Waals surface area contributed by atoms with E-state index in [1.54, 1.807) is 24.3 Å². The lowest BCUT2D eigenvalue weighted by atomic mass is 9.96. The number of allylic oxidation sites excluding steroid dienone is 1. The summed E-state index contributed by atoms with van der Waals surface area (Å²) in [7, 11) is 0. The van der Waals surface area contributed by atoms with E-state index in [1.807, 2.05) is 12.1 Å². The van der Waals surface area contributed by atoms with Crippen LogP contribution in [0.1, 0.15) is 21.5 Å². The van der Waals surface area contributed by atoms with Crippen molar-refractivity contribution in [3.05, 3.63) is 63.1 Å². The first-order chi connectivity index (χ1) is 11.6. The fraction of sp³-hybridized carbons (Fsp3) is 0.167. The molecule has 0 unspecified atom stereocenters. The molecule has 0 radical (unpaired) electrons. The SMILES string of the molecule is O=C(C=C1NCCc2cc3c(cc21)OCO3)c1cc(Cl)cc(Cl)c1. The molecular weight excluding hydrogens is 349 g/mol. The van der Waals surface area contributed by atoms with Crippen molar-refractivity contribution in [2.24, 2.45) is 0 Å². The lowest BCUT2D eigenvalue weighted by molar-refractivity contribution is 0.104. The van der Waals surface area contributed by atoms with Crippen molar-refractivity contribution in [1.29, 1.82) is 0 Å². The summed E-state index contributed by atoms with van der Waals surface area (Å²) in [5.74, 6) is 1.29. The number of carbonyl (C=O) groups is 1. The number of halogens is 2. The van der Waals surface area contributed by atoms with Crippen molar-refractivity contribution in [2.45, 2.75) is 6.42 Å². The fourth-order valence-corrected chi connectivity index (χ4v) is 3.43. The molecule has 2 aromatic rings. The number of nitrogens with one attached hydrogen (secondary N) is 1. The highest BCUT2D eigenvalue weighted by Gasteiger charge is 2.22. The van der Waals surface area contributed by atoms with Gasteiger partial charge in [0.2, 0.25) is 6.79 Å². The molecular formula is C18H13Cl2NO3. The summed E-state index contributed by atoms with van der Waals surface area (Å²) in [5, 5.41) is 4.14. The zero-order valence-electron chi connectivity index (χ0n) is 12.6. The Bertz CT molecular complexity index is 857. The quantitative estimate of drug-likeness (QED) is 0.646. The third kappa shape index (κ3) is 2.83. The largest absolute Gasteiger partial charge is 0.454 e. The minimum atomic E-state index is -0.160. The lowest BCUT2D eigenvalue weighted by Gasteiger charge is -2.21. The molecule has 0 aliphatic carbocycles. The number of rotatable bonds is 2. The van der Waals surface area contributed by atoms with Crippen LogP contribution in [0.3, 0.4) is 0 Å². The van der Waals surface area contributed by atoms with Gasteiger partial charge in [-0.2, -0.15) is 0 Å². The fourth-order valence-electron chi connectivity index (χ4n) is 2.91. The second kappa shape index (κ2) is 6.04. The first-order valence-corrected chi connectivity index (χ1v) is 8.24. The summed E-state index contributed by atoms with van der Waals surface area (Å²) in [6, 6.07) is 8.70. The van der Waals surface area contributed by atoms with E-state index in [1.165, 1.54) is 0 Å². The van der Waals surface area contributed by atoms with Gasteiger partial charge in [0.05, 0.1) is 0 Å². The number of ketones is 1. The second-order valence-corrected chi connectivity index (χ2v) is 6.49. The van der Waals surface area contributed by atoms with E-state index in [0.29, 0.717) is 21.4 Å². The van der Waals surface area contributed by atoms with E-state index in [9.17, 15) is 4.79 Å². The number of hydrogen-bond donors (Lipinski definition) is 1. The number of carbonyl (C=O) groups excluding carboxylic acids is 1. The van der Waals surface area contributed by atoms with Crippen molar-refractivity contribution < 1.29 is 14.3 Å². The molecule has 0 bridgehead atoms. The highest BCUT2D eigenvalue weighted by molar-refractivity contribution is 6.35. The van der Waals surface area contributed by atoms with Gasteiger partial charge in [0.25, 0.3) is 0 Å². The van der Waals surface area contributed by atoms with Crippen LogP contribution in [0.4, 0.5) is 0 Å². The Morgan fingerprint density at radius 3 is 2.50 bits per heavy atom. The zero-order chi connectivity index (χ0) is 16.7. The predicted octanol–water partition coefficient (Wildman–Crippen LogP) is 4.09. The summed E-state index contributed by atoms with van der Waals surface area (Å²) in [6.45, 7) is 0.979. The van der Waals surface area contributed by atoms with E-state index < -0.39 is 0 Å². The first kappa shape index (κ1) is 15.4. The molecule has 122 valence electrons. The van der Waals surface area contributed by atoms with Crippen LogP contribution in [0.25, 0.3) is 5.70 Å². The molecule has 2 heterocycles. The van der Waals surface area contributed by atoms with Crippen LogP contribution >= 0.6 is 23.2 Å². The molecule has 0 aromatic heterocycles. The average molecular weight is 362 g/mol. The Morgan fingerprint density at radius 2 is 1.75 bits per heavy atom. The molecule has 4 rings (SSSR count). The maximum atomic E-state index is 12.6. The molecule has 2 aliphatic rings. The number of fused-ring (bicyclic) bond motifs is 2. The van der Waals surface area contributed by atoms with Crippen LogP contribution in [0, 0.1) is 0 Å². The lowest BCUT2D eigenvalue weighted by Crippen LogP contribution is -2.23. The maximum Gasteiger partial charge on any atom is 0.231 e. The van der Waals surface area contributed by atoms with Crippen molar-refractivity contribution in [3.8, 4) is 11.5 Å². The monoisotopic (exact) mass is 361 g/mol. The van der Waals surface area contributed by atoms with E-state index in [-0.39, 0.29) is 12.6 Å². The van der Waals surface area contributed by atoms with Crippen LogP contribution in [0.5, 0.6) is 11.5 Å². The van der Waals surface area contributed by atoms with Gasteiger partial charge >= 0.3 is 0 Å². The average Bonchev–Trinajstić information content (AvgIpc) is 2.99. The van der Waals surface area contributed by atoms with Gasteiger partial charge in [0.1, 0.15) is 0 Å². The third-order valence-electron chi connectivity index (χ3n) is 4.02. The summed E-state index contributed by atoms with van der Waals surface area (Å²) < 4.78 is 10.9. The number of benzene rings is 2. The summed E-state index contributed by atoms with van der Waals surface area (Å²) in [6.07, 6.45) is 2.43. The highest BCUT2D eigenvalue weighted by Crippen LogP contribution is 2.38. The third-order valence-corrected chi connectivity index (χ3v) is 4.46. The van der Waals surface area contributed by atoms with Gasteiger partial charge in [0.15, 0.2) is 17.3 Å². The molecule has 0 fully saturated rings. The van der Waals surface area contributed by atoms with Crippen molar-refractivity contribution >= 4 is 34.7 Å².